The van der Waals surface area contributed by atoms with Gasteiger partial charge in [0.15, 0.2) is 5.75 Å². The van der Waals surface area contributed by atoms with E-state index in [0.717, 1.165) is 5.56 Å². The lowest BCUT2D eigenvalue weighted by molar-refractivity contribution is 0.196. The van der Waals surface area contributed by atoms with Gasteiger partial charge >= 0.3 is 12.1 Å². The van der Waals surface area contributed by atoms with Gasteiger partial charge in [0.2, 0.25) is 0 Å². The fraction of sp³-hybridized carbons (Fsp3) is 0.304. The molecule has 2 aromatic heterocycles. The van der Waals surface area contributed by atoms with E-state index in [4.69, 9.17) is 4.74 Å². The van der Waals surface area contributed by atoms with Crippen LogP contribution in [-0.2, 0) is 6.54 Å². The summed E-state index contributed by atoms with van der Waals surface area (Å²) in [5.41, 5.74) is 0.646. The molecule has 10 nitrogen and oxygen atoms in total. The summed E-state index contributed by atoms with van der Waals surface area (Å²) in [4.78, 5) is 40.2. The summed E-state index contributed by atoms with van der Waals surface area (Å²) in [5.74, 6) is -0.687. The first kappa shape index (κ1) is 23.6. The monoisotopic (exact) mass is 453 g/mol. The lowest BCUT2D eigenvalue weighted by atomic mass is 10.2. The summed E-state index contributed by atoms with van der Waals surface area (Å²) < 4.78 is 6.60. The van der Waals surface area contributed by atoms with Gasteiger partial charge in [-0.1, -0.05) is 30.3 Å². The van der Waals surface area contributed by atoms with Gasteiger partial charge in [-0.05, 0) is 31.9 Å². The van der Waals surface area contributed by atoms with Gasteiger partial charge in [0.05, 0.1) is 11.9 Å². The molecule has 0 fully saturated rings. The lowest BCUT2D eigenvalue weighted by Gasteiger charge is -2.11. The molecule has 2 heterocycles. The van der Waals surface area contributed by atoms with Gasteiger partial charge in [-0.25, -0.2) is 14.6 Å². The zero-order valence-corrected chi connectivity index (χ0v) is 18.5. The topological polar surface area (TPSA) is 135 Å². The molecule has 0 aliphatic heterocycles. The largest absolute Gasteiger partial charge is 0.503 e. The van der Waals surface area contributed by atoms with Gasteiger partial charge in [0, 0.05) is 36.9 Å². The Balaban J connectivity index is 1.58. The molecule has 3 amide bonds. The average Bonchev–Trinajstić information content (AvgIpc) is 2.77. The number of urea groups is 1. The molecule has 0 saturated heterocycles. The van der Waals surface area contributed by atoms with Gasteiger partial charge in [-0.15, -0.1) is 0 Å². The van der Waals surface area contributed by atoms with Gasteiger partial charge in [-0.3, -0.25) is 4.79 Å². The third kappa shape index (κ3) is 6.45. The molecular weight excluding hydrogens is 426 g/mol. The second-order valence-corrected chi connectivity index (χ2v) is 7.70. The highest BCUT2D eigenvalue weighted by Gasteiger charge is 2.16. The number of hydrogen-bond acceptors (Lipinski definition) is 6. The number of pyridine rings is 2. The molecule has 0 atom stereocenters. The molecule has 1 aromatic carbocycles. The van der Waals surface area contributed by atoms with Crippen molar-refractivity contribution in [2.45, 2.75) is 32.9 Å². The number of nitrogens with one attached hydrogen (secondary N) is 3. The average molecular weight is 453 g/mol. The zero-order valence-electron chi connectivity index (χ0n) is 18.5. The molecule has 0 saturated carbocycles. The van der Waals surface area contributed by atoms with E-state index in [0.29, 0.717) is 19.5 Å². The maximum absolute atomic E-state index is 12.8. The van der Waals surface area contributed by atoms with Crippen LogP contribution < -0.4 is 26.2 Å². The Labute approximate surface area is 190 Å². The second kappa shape index (κ2) is 11.0. The van der Waals surface area contributed by atoms with Crippen LogP contribution in [0.4, 0.5) is 9.59 Å². The molecule has 3 rings (SSSR count). The molecule has 10 heteroatoms. The van der Waals surface area contributed by atoms with E-state index in [2.05, 4.69) is 20.9 Å². The summed E-state index contributed by atoms with van der Waals surface area (Å²) in [5, 5.41) is 18.8. The van der Waals surface area contributed by atoms with Crippen molar-refractivity contribution >= 4 is 22.9 Å². The first-order valence-corrected chi connectivity index (χ1v) is 10.6. The predicted molar refractivity (Wildman–Crippen MR) is 124 cm³/mol. The zero-order chi connectivity index (χ0) is 23.8. The maximum Gasteiger partial charge on any atom is 0.414 e. The number of benzene rings is 1. The van der Waals surface area contributed by atoms with Crippen LogP contribution >= 0.6 is 0 Å². The number of ether oxygens (including phenoxy) is 1. The molecule has 0 bridgehead atoms. The number of amides is 3. The van der Waals surface area contributed by atoms with Gasteiger partial charge in [0.1, 0.15) is 0 Å². The SMILES string of the molecule is CC(C)NC(=O)NCCCNC(=O)Oc1ncc2c(=O)n(Cc3ccccc3)ccc2c1O. The standard InChI is InChI=1S/C23H27N5O5/c1-15(2)27-22(31)24-10-6-11-25-23(32)33-20-19(29)17-9-12-28(21(30)18(17)13-26-20)14-16-7-4-3-5-8-16/h3-5,7-9,12-13,15,29H,6,10-11,14H2,1-2H3,(H,25,32)(H2,24,27,31). The summed E-state index contributed by atoms with van der Waals surface area (Å²) in [6.07, 6.45) is 2.53. The molecule has 3 aromatic rings. The highest BCUT2D eigenvalue weighted by molar-refractivity contribution is 5.89. The van der Waals surface area contributed by atoms with E-state index in [9.17, 15) is 19.5 Å². The van der Waals surface area contributed by atoms with E-state index in [-0.39, 0.29) is 40.8 Å². The molecule has 0 spiro atoms. The second-order valence-electron chi connectivity index (χ2n) is 7.70. The number of hydrogen-bond donors (Lipinski definition) is 4. The van der Waals surface area contributed by atoms with Crippen molar-refractivity contribution in [3.05, 3.63) is 64.7 Å². The third-order valence-electron chi connectivity index (χ3n) is 4.68. The van der Waals surface area contributed by atoms with Crippen molar-refractivity contribution in [3.63, 3.8) is 0 Å². The molecule has 0 aliphatic rings. The minimum Gasteiger partial charge on any atom is -0.503 e. The minimum absolute atomic E-state index is 0.0342. The Kier molecular flexibility index (Phi) is 7.85. The number of carbonyl (C=O) groups is 2. The van der Waals surface area contributed by atoms with Crippen molar-refractivity contribution in [3.8, 4) is 11.6 Å². The summed E-state index contributed by atoms with van der Waals surface area (Å²) in [7, 11) is 0. The van der Waals surface area contributed by atoms with Crippen molar-refractivity contribution in [2.75, 3.05) is 13.1 Å². The first-order valence-electron chi connectivity index (χ1n) is 10.6. The van der Waals surface area contributed by atoms with Gasteiger partial charge in [0.25, 0.3) is 11.4 Å². The van der Waals surface area contributed by atoms with E-state index in [1.807, 2.05) is 44.2 Å². The molecule has 0 aliphatic carbocycles. The van der Waals surface area contributed by atoms with E-state index < -0.39 is 11.8 Å². The first-order chi connectivity index (χ1) is 15.8. The van der Waals surface area contributed by atoms with Crippen molar-refractivity contribution in [2.24, 2.45) is 0 Å². The molecule has 33 heavy (non-hydrogen) atoms. The molecule has 0 unspecified atom stereocenters. The Morgan fingerprint density at radius 3 is 2.55 bits per heavy atom. The van der Waals surface area contributed by atoms with Crippen LogP contribution in [-0.4, -0.2) is 45.9 Å². The van der Waals surface area contributed by atoms with Crippen molar-refractivity contribution in [1.82, 2.24) is 25.5 Å². The fourth-order valence-electron chi connectivity index (χ4n) is 3.12. The van der Waals surface area contributed by atoms with Gasteiger partial charge in [-0.2, -0.15) is 0 Å². The Hall–Kier alpha value is -4.08. The smallest absolute Gasteiger partial charge is 0.414 e. The van der Waals surface area contributed by atoms with Crippen LogP contribution in [0.1, 0.15) is 25.8 Å². The van der Waals surface area contributed by atoms with Crippen LogP contribution in [0.25, 0.3) is 10.8 Å². The molecule has 4 N–H and O–H groups in total. The third-order valence-corrected chi connectivity index (χ3v) is 4.68. The Morgan fingerprint density at radius 2 is 1.82 bits per heavy atom. The number of aromatic nitrogens is 2. The summed E-state index contributed by atoms with van der Waals surface area (Å²) >= 11 is 0. The molecule has 174 valence electrons. The summed E-state index contributed by atoms with van der Waals surface area (Å²) in [6.45, 7) is 4.71. The van der Waals surface area contributed by atoms with Crippen LogP contribution in [0.2, 0.25) is 0 Å². The van der Waals surface area contributed by atoms with Crippen LogP contribution in [0.5, 0.6) is 11.6 Å². The number of rotatable bonds is 8. The Morgan fingerprint density at radius 1 is 1.09 bits per heavy atom. The highest BCUT2D eigenvalue weighted by atomic mass is 16.6. The van der Waals surface area contributed by atoms with Crippen molar-refractivity contribution in [1.29, 1.82) is 0 Å². The quantitative estimate of drug-likeness (QED) is 0.387. The number of fused-ring (bicyclic) bond motifs is 1. The Bertz CT molecular complexity index is 1180. The number of aromatic hydroxyl groups is 1. The van der Waals surface area contributed by atoms with Gasteiger partial charge < -0.3 is 30.4 Å². The highest BCUT2D eigenvalue weighted by Crippen LogP contribution is 2.30. The maximum atomic E-state index is 12.8. The van der Waals surface area contributed by atoms with E-state index >= 15 is 0 Å². The fourth-order valence-corrected chi connectivity index (χ4v) is 3.12. The normalized spacial score (nSPS) is 10.8. The molecular formula is C23H27N5O5. The number of carbonyl (C=O) groups excluding carboxylic acids is 2. The minimum atomic E-state index is -0.804. The van der Waals surface area contributed by atoms with Crippen LogP contribution in [0, 0.1) is 0 Å². The van der Waals surface area contributed by atoms with Crippen molar-refractivity contribution < 1.29 is 19.4 Å². The number of nitrogens with zero attached hydrogens (tertiary/aromatic N) is 2. The van der Waals surface area contributed by atoms with E-state index in [1.54, 1.807) is 12.3 Å². The van der Waals surface area contributed by atoms with E-state index in [1.165, 1.54) is 10.8 Å². The molecule has 0 radical (unpaired) electrons. The predicted octanol–water partition coefficient (Wildman–Crippen LogP) is 2.34. The van der Waals surface area contributed by atoms with Crippen LogP contribution in [0.15, 0.2) is 53.6 Å². The summed E-state index contributed by atoms with van der Waals surface area (Å²) in [6, 6.07) is 10.8. The lowest BCUT2D eigenvalue weighted by Crippen LogP contribution is -2.40. The van der Waals surface area contributed by atoms with Crippen LogP contribution in [0.3, 0.4) is 0 Å².